The molecule has 5 N–H and O–H groups in total. The first-order valence-corrected chi connectivity index (χ1v) is 6.67. The van der Waals surface area contributed by atoms with Crippen molar-refractivity contribution < 1.29 is 35.1 Å². The van der Waals surface area contributed by atoms with Gasteiger partial charge in [0, 0.05) is 5.56 Å². The van der Waals surface area contributed by atoms with E-state index in [1.165, 1.54) is 12.1 Å². The summed E-state index contributed by atoms with van der Waals surface area (Å²) in [4.78, 5) is 12.0. The van der Waals surface area contributed by atoms with Crippen LogP contribution in [-0.4, -0.2) is 61.8 Å². The lowest BCUT2D eigenvalue weighted by Crippen LogP contribution is -2.65. The van der Waals surface area contributed by atoms with Crippen LogP contribution in [-0.2, 0) is 15.3 Å². The van der Waals surface area contributed by atoms with Gasteiger partial charge >= 0.3 is 0 Å². The molecule has 0 spiro atoms. The molecule has 0 saturated carbocycles. The van der Waals surface area contributed by atoms with Gasteiger partial charge in [-0.3, -0.25) is 4.79 Å². The van der Waals surface area contributed by atoms with Gasteiger partial charge in [0.15, 0.2) is 11.9 Å². The van der Waals surface area contributed by atoms with Gasteiger partial charge < -0.3 is 30.3 Å². The first-order chi connectivity index (χ1) is 10.3. The van der Waals surface area contributed by atoms with Crippen LogP contribution >= 0.6 is 0 Å². The molecule has 2 rings (SSSR count). The zero-order valence-corrected chi connectivity index (χ0v) is 11.6. The quantitative estimate of drug-likeness (QED) is 0.425. The number of carbonyl (C=O) groups excluding carboxylic acids is 1. The molecule has 6 atom stereocenters. The Labute approximate surface area is 126 Å². The van der Waals surface area contributed by atoms with Crippen molar-refractivity contribution in [1.29, 1.82) is 0 Å². The van der Waals surface area contributed by atoms with Crippen molar-refractivity contribution in [3.63, 3.8) is 0 Å². The van der Waals surface area contributed by atoms with E-state index in [1.54, 1.807) is 18.2 Å². The lowest BCUT2D eigenvalue weighted by Gasteiger charge is -2.45. The molecule has 1 fully saturated rings. The van der Waals surface area contributed by atoms with Gasteiger partial charge in [-0.25, -0.2) is 0 Å². The maximum atomic E-state index is 12.0. The molecular weight excluding hydrogens is 292 g/mol. The van der Waals surface area contributed by atoms with Gasteiger partial charge in [0.1, 0.15) is 24.4 Å². The Hall–Kier alpha value is -1.61. The molecule has 0 radical (unpaired) electrons. The van der Waals surface area contributed by atoms with Crippen LogP contribution in [0, 0.1) is 0 Å². The van der Waals surface area contributed by atoms with Gasteiger partial charge in [0.2, 0.25) is 5.79 Å². The molecule has 1 aliphatic heterocycles. The van der Waals surface area contributed by atoms with Gasteiger partial charge in [-0.15, -0.1) is 6.58 Å². The summed E-state index contributed by atoms with van der Waals surface area (Å²) in [5.41, 5.74) is 0.0966. The molecule has 0 bridgehead atoms. The maximum absolute atomic E-state index is 12.0. The maximum Gasteiger partial charge on any atom is 0.222 e. The molecule has 0 amide bonds. The van der Waals surface area contributed by atoms with Crippen LogP contribution in [0.25, 0.3) is 0 Å². The van der Waals surface area contributed by atoms with Gasteiger partial charge in [-0.05, 0) is 0 Å². The number of rotatable bonds is 4. The standard InChI is InChI=1S/C15H18O7/c1-2-9(16)10(17)13-11(18)12(19)14(20)15(21,22-13)8-6-4-3-5-7-8/h2-7,9,11-14,16,18-21H,1H2/t9?,11-,12-,13+,14+,15?/m0/s1. The van der Waals surface area contributed by atoms with Crippen LogP contribution in [0.5, 0.6) is 0 Å². The van der Waals surface area contributed by atoms with E-state index < -0.39 is 42.1 Å². The second-order valence-electron chi connectivity index (χ2n) is 5.11. The number of aliphatic hydroxyl groups excluding tert-OH is 4. The summed E-state index contributed by atoms with van der Waals surface area (Å²) in [5.74, 6) is -3.39. The summed E-state index contributed by atoms with van der Waals surface area (Å²) >= 11 is 0. The third-order valence-electron chi connectivity index (χ3n) is 3.67. The Morgan fingerprint density at radius 3 is 2.36 bits per heavy atom. The Kier molecular flexibility index (Phi) is 4.76. The third-order valence-corrected chi connectivity index (χ3v) is 3.67. The highest BCUT2D eigenvalue weighted by Crippen LogP contribution is 2.36. The fraction of sp³-hybridized carbons (Fsp3) is 0.400. The Bertz CT molecular complexity index is 546. The molecule has 120 valence electrons. The van der Waals surface area contributed by atoms with Crippen molar-refractivity contribution in [2.75, 3.05) is 0 Å². The topological polar surface area (TPSA) is 127 Å². The molecule has 0 aliphatic carbocycles. The average molecular weight is 310 g/mol. The smallest absolute Gasteiger partial charge is 0.222 e. The minimum Gasteiger partial charge on any atom is -0.387 e. The number of hydrogen-bond donors (Lipinski definition) is 5. The Morgan fingerprint density at radius 2 is 1.82 bits per heavy atom. The summed E-state index contributed by atoms with van der Waals surface area (Å²) in [5, 5.41) is 49.9. The molecule has 1 heterocycles. The number of hydrogen-bond acceptors (Lipinski definition) is 7. The minimum atomic E-state index is -2.40. The predicted molar refractivity (Wildman–Crippen MR) is 74.4 cm³/mol. The molecular formula is C15H18O7. The zero-order valence-electron chi connectivity index (χ0n) is 11.6. The van der Waals surface area contributed by atoms with Gasteiger partial charge in [-0.1, -0.05) is 36.4 Å². The zero-order chi connectivity index (χ0) is 16.5. The van der Waals surface area contributed by atoms with Gasteiger partial charge in [0.05, 0.1) is 0 Å². The Balaban J connectivity index is 2.40. The van der Waals surface area contributed by atoms with Crippen LogP contribution in [0.1, 0.15) is 5.56 Å². The monoisotopic (exact) mass is 310 g/mol. The van der Waals surface area contributed by atoms with E-state index in [4.69, 9.17) is 4.74 Å². The Morgan fingerprint density at radius 1 is 1.23 bits per heavy atom. The van der Waals surface area contributed by atoms with Crippen LogP contribution in [0.4, 0.5) is 0 Å². The number of aliphatic hydroxyl groups is 5. The van der Waals surface area contributed by atoms with Crippen molar-refractivity contribution in [3.05, 3.63) is 48.6 Å². The summed E-state index contributed by atoms with van der Waals surface area (Å²) in [7, 11) is 0. The van der Waals surface area contributed by atoms with Crippen molar-refractivity contribution >= 4 is 5.78 Å². The summed E-state index contributed by atoms with van der Waals surface area (Å²) < 4.78 is 5.18. The number of carbonyl (C=O) groups is 1. The van der Waals surface area contributed by atoms with Gasteiger partial charge in [-0.2, -0.15) is 0 Å². The highest BCUT2D eigenvalue weighted by molar-refractivity contribution is 5.89. The largest absolute Gasteiger partial charge is 0.387 e. The van der Waals surface area contributed by atoms with E-state index in [-0.39, 0.29) is 5.56 Å². The molecule has 0 aromatic heterocycles. The molecule has 7 nitrogen and oxygen atoms in total. The predicted octanol–water partition coefficient (Wildman–Crippen LogP) is -1.57. The van der Waals surface area contributed by atoms with Gasteiger partial charge in [0.25, 0.3) is 0 Å². The lowest BCUT2D eigenvalue weighted by atomic mass is 9.86. The van der Waals surface area contributed by atoms with Crippen molar-refractivity contribution in [3.8, 4) is 0 Å². The third kappa shape index (κ3) is 2.70. The van der Waals surface area contributed by atoms with E-state index in [1.807, 2.05) is 0 Å². The summed E-state index contributed by atoms with van der Waals surface area (Å²) in [6.07, 6.45) is -7.96. The molecule has 1 aromatic rings. The van der Waals surface area contributed by atoms with Crippen molar-refractivity contribution in [2.24, 2.45) is 0 Å². The average Bonchev–Trinajstić information content (AvgIpc) is 2.55. The first kappa shape index (κ1) is 16.8. The number of ether oxygens (including phenoxy) is 1. The fourth-order valence-corrected chi connectivity index (χ4v) is 2.36. The molecule has 1 aliphatic rings. The second-order valence-corrected chi connectivity index (χ2v) is 5.11. The summed E-state index contributed by atoms with van der Waals surface area (Å²) in [6.45, 7) is 3.25. The number of Topliss-reactive ketones (excluding diaryl/α,β-unsaturated/α-hetero) is 1. The minimum absolute atomic E-state index is 0.0966. The number of benzene rings is 1. The van der Waals surface area contributed by atoms with Crippen LogP contribution in [0.15, 0.2) is 43.0 Å². The van der Waals surface area contributed by atoms with E-state index >= 15 is 0 Å². The molecule has 1 aromatic carbocycles. The molecule has 1 saturated heterocycles. The fourth-order valence-electron chi connectivity index (χ4n) is 2.36. The second kappa shape index (κ2) is 6.25. The van der Waals surface area contributed by atoms with E-state index in [0.29, 0.717) is 0 Å². The first-order valence-electron chi connectivity index (χ1n) is 6.67. The van der Waals surface area contributed by atoms with E-state index in [2.05, 4.69) is 6.58 Å². The van der Waals surface area contributed by atoms with Crippen LogP contribution in [0.3, 0.4) is 0 Å². The van der Waals surface area contributed by atoms with Crippen LogP contribution in [0.2, 0.25) is 0 Å². The van der Waals surface area contributed by atoms with E-state index in [0.717, 1.165) is 6.08 Å². The van der Waals surface area contributed by atoms with Crippen molar-refractivity contribution in [2.45, 2.75) is 36.3 Å². The lowest BCUT2D eigenvalue weighted by molar-refractivity contribution is -0.347. The molecule has 22 heavy (non-hydrogen) atoms. The normalized spacial score (nSPS) is 36.6. The van der Waals surface area contributed by atoms with Crippen LogP contribution < -0.4 is 0 Å². The van der Waals surface area contributed by atoms with Crippen molar-refractivity contribution in [1.82, 2.24) is 0 Å². The SMILES string of the molecule is C=CC(O)C(=O)[C@H]1OC(O)(c2ccccc2)[C@H](O)[C@@H](O)[C@@H]1O. The highest BCUT2D eigenvalue weighted by Gasteiger charge is 2.56. The molecule has 2 unspecified atom stereocenters. The highest BCUT2D eigenvalue weighted by atomic mass is 16.7. The summed E-state index contributed by atoms with van der Waals surface area (Å²) in [6, 6.07) is 7.65. The van der Waals surface area contributed by atoms with E-state index in [9.17, 15) is 30.3 Å². The molecule has 7 heteroatoms. The number of ketones is 1.